The summed E-state index contributed by atoms with van der Waals surface area (Å²) in [4.78, 5) is 10.0. The molecule has 1 aliphatic rings. The fourth-order valence-corrected chi connectivity index (χ4v) is 2.04. The molecule has 0 amide bonds. The molecule has 0 radical (unpaired) electrons. The van der Waals surface area contributed by atoms with Crippen molar-refractivity contribution in [3.05, 3.63) is 11.9 Å². The quantitative estimate of drug-likeness (QED) is 0.766. The van der Waals surface area contributed by atoms with E-state index in [0.717, 1.165) is 31.9 Å². The SMILES string of the molecule is CCc1cnc(N2CCC(N)C(C)C2)[nH]1. The van der Waals surface area contributed by atoms with E-state index >= 15 is 0 Å². The van der Waals surface area contributed by atoms with Gasteiger partial charge in [0.2, 0.25) is 5.95 Å². The van der Waals surface area contributed by atoms with Crippen molar-refractivity contribution in [1.29, 1.82) is 0 Å². The smallest absolute Gasteiger partial charge is 0.202 e. The van der Waals surface area contributed by atoms with Crippen LogP contribution >= 0.6 is 0 Å². The van der Waals surface area contributed by atoms with Gasteiger partial charge in [-0.25, -0.2) is 4.98 Å². The predicted octanol–water partition coefficient (Wildman–Crippen LogP) is 1.15. The van der Waals surface area contributed by atoms with Crippen LogP contribution in [-0.4, -0.2) is 29.1 Å². The monoisotopic (exact) mass is 208 g/mol. The Balaban J connectivity index is 2.05. The molecule has 0 spiro atoms. The zero-order valence-electron chi connectivity index (χ0n) is 9.53. The normalized spacial score (nSPS) is 27.0. The zero-order chi connectivity index (χ0) is 10.8. The molecule has 1 fully saturated rings. The van der Waals surface area contributed by atoms with E-state index in [9.17, 15) is 0 Å². The van der Waals surface area contributed by atoms with E-state index in [4.69, 9.17) is 5.73 Å². The van der Waals surface area contributed by atoms with Crippen LogP contribution < -0.4 is 10.6 Å². The number of nitrogens with zero attached hydrogens (tertiary/aromatic N) is 2. The van der Waals surface area contributed by atoms with Crippen molar-refractivity contribution in [1.82, 2.24) is 9.97 Å². The summed E-state index contributed by atoms with van der Waals surface area (Å²) < 4.78 is 0. The minimum atomic E-state index is 0.349. The highest BCUT2D eigenvalue weighted by Crippen LogP contribution is 2.19. The third kappa shape index (κ3) is 2.15. The number of aryl methyl sites for hydroxylation is 1. The molecular weight excluding hydrogens is 188 g/mol. The molecule has 1 saturated heterocycles. The van der Waals surface area contributed by atoms with Crippen LogP contribution in [-0.2, 0) is 6.42 Å². The zero-order valence-corrected chi connectivity index (χ0v) is 9.53. The molecule has 4 nitrogen and oxygen atoms in total. The average molecular weight is 208 g/mol. The number of hydrogen-bond donors (Lipinski definition) is 2. The van der Waals surface area contributed by atoms with E-state index in [1.54, 1.807) is 0 Å². The Bertz CT molecular complexity index is 320. The Morgan fingerprint density at radius 2 is 2.47 bits per heavy atom. The topological polar surface area (TPSA) is 57.9 Å². The van der Waals surface area contributed by atoms with E-state index < -0.39 is 0 Å². The third-order valence-corrected chi connectivity index (χ3v) is 3.27. The molecule has 1 aliphatic heterocycles. The van der Waals surface area contributed by atoms with Crippen molar-refractivity contribution in [2.75, 3.05) is 18.0 Å². The summed E-state index contributed by atoms with van der Waals surface area (Å²) >= 11 is 0. The maximum absolute atomic E-state index is 5.99. The molecule has 2 heterocycles. The summed E-state index contributed by atoms with van der Waals surface area (Å²) in [5, 5.41) is 0. The highest BCUT2D eigenvalue weighted by atomic mass is 15.3. The Labute approximate surface area is 90.9 Å². The molecule has 2 rings (SSSR count). The van der Waals surface area contributed by atoms with Crippen LogP contribution in [0.5, 0.6) is 0 Å². The first kappa shape index (κ1) is 10.5. The van der Waals surface area contributed by atoms with E-state index in [0.29, 0.717) is 12.0 Å². The summed E-state index contributed by atoms with van der Waals surface area (Å²) in [5.74, 6) is 1.56. The summed E-state index contributed by atoms with van der Waals surface area (Å²) in [7, 11) is 0. The molecule has 1 aromatic rings. The molecule has 4 heteroatoms. The first-order valence-electron chi connectivity index (χ1n) is 5.75. The maximum atomic E-state index is 5.99. The van der Waals surface area contributed by atoms with Gasteiger partial charge in [0, 0.05) is 24.8 Å². The van der Waals surface area contributed by atoms with Gasteiger partial charge in [-0.2, -0.15) is 0 Å². The van der Waals surface area contributed by atoms with Crippen molar-refractivity contribution in [3.8, 4) is 0 Å². The lowest BCUT2D eigenvalue weighted by molar-refractivity contribution is 0.380. The van der Waals surface area contributed by atoms with Gasteiger partial charge in [-0.1, -0.05) is 13.8 Å². The second-order valence-electron chi connectivity index (χ2n) is 4.46. The van der Waals surface area contributed by atoms with Crippen LogP contribution in [0.25, 0.3) is 0 Å². The van der Waals surface area contributed by atoms with Crippen molar-refractivity contribution in [2.45, 2.75) is 32.7 Å². The standard InChI is InChI=1S/C11H20N4/c1-3-9-6-13-11(14-9)15-5-4-10(12)8(2)7-15/h6,8,10H,3-5,7,12H2,1-2H3,(H,13,14). The van der Waals surface area contributed by atoms with Crippen molar-refractivity contribution >= 4 is 5.95 Å². The molecule has 2 atom stereocenters. The van der Waals surface area contributed by atoms with Gasteiger partial charge >= 0.3 is 0 Å². The van der Waals surface area contributed by atoms with Gasteiger partial charge in [0.25, 0.3) is 0 Å². The number of piperidine rings is 1. The minimum Gasteiger partial charge on any atom is -0.342 e. The first-order valence-corrected chi connectivity index (χ1v) is 5.75. The van der Waals surface area contributed by atoms with Crippen LogP contribution in [0, 0.1) is 5.92 Å². The number of imidazole rings is 1. The highest BCUT2D eigenvalue weighted by molar-refractivity contribution is 5.32. The lowest BCUT2D eigenvalue weighted by atomic mass is 9.95. The third-order valence-electron chi connectivity index (χ3n) is 3.27. The van der Waals surface area contributed by atoms with Gasteiger partial charge in [0.1, 0.15) is 0 Å². The van der Waals surface area contributed by atoms with Crippen LogP contribution in [0.1, 0.15) is 26.0 Å². The Morgan fingerprint density at radius 1 is 1.67 bits per heavy atom. The van der Waals surface area contributed by atoms with E-state index in [2.05, 4.69) is 28.7 Å². The molecule has 3 N–H and O–H groups in total. The number of aromatic nitrogens is 2. The first-order chi connectivity index (χ1) is 7.20. The molecule has 84 valence electrons. The lowest BCUT2D eigenvalue weighted by Crippen LogP contribution is -2.46. The van der Waals surface area contributed by atoms with Crippen LogP contribution in [0.4, 0.5) is 5.95 Å². The number of hydrogen-bond acceptors (Lipinski definition) is 3. The molecule has 0 aromatic carbocycles. The van der Waals surface area contributed by atoms with Crippen LogP contribution in [0.2, 0.25) is 0 Å². The molecule has 0 bridgehead atoms. The number of nitrogens with two attached hydrogens (primary N) is 1. The predicted molar refractivity (Wildman–Crippen MR) is 61.9 cm³/mol. The van der Waals surface area contributed by atoms with Crippen molar-refractivity contribution in [3.63, 3.8) is 0 Å². The second kappa shape index (κ2) is 4.23. The number of aromatic amines is 1. The minimum absolute atomic E-state index is 0.349. The van der Waals surface area contributed by atoms with Gasteiger partial charge < -0.3 is 15.6 Å². The fraction of sp³-hybridized carbons (Fsp3) is 0.727. The molecule has 0 saturated carbocycles. The molecular formula is C11H20N4. The number of rotatable bonds is 2. The number of nitrogens with one attached hydrogen (secondary N) is 1. The van der Waals surface area contributed by atoms with Crippen molar-refractivity contribution in [2.24, 2.45) is 11.7 Å². The fourth-order valence-electron chi connectivity index (χ4n) is 2.04. The van der Waals surface area contributed by atoms with Crippen molar-refractivity contribution < 1.29 is 0 Å². The molecule has 2 unspecified atom stereocenters. The Hall–Kier alpha value is -1.03. The van der Waals surface area contributed by atoms with E-state index in [1.165, 1.54) is 5.69 Å². The van der Waals surface area contributed by atoms with E-state index in [-0.39, 0.29) is 0 Å². The highest BCUT2D eigenvalue weighted by Gasteiger charge is 2.24. The van der Waals surface area contributed by atoms with E-state index in [1.807, 2.05) is 6.20 Å². The van der Waals surface area contributed by atoms with Crippen LogP contribution in [0.3, 0.4) is 0 Å². The van der Waals surface area contributed by atoms with Gasteiger partial charge in [-0.15, -0.1) is 0 Å². The number of anilines is 1. The Morgan fingerprint density at radius 3 is 3.07 bits per heavy atom. The molecule has 1 aromatic heterocycles. The summed E-state index contributed by atoms with van der Waals surface area (Å²) in [6, 6.07) is 0.349. The lowest BCUT2D eigenvalue weighted by Gasteiger charge is -2.34. The van der Waals surface area contributed by atoms with Crippen LogP contribution in [0.15, 0.2) is 6.20 Å². The summed E-state index contributed by atoms with van der Waals surface area (Å²) in [5.41, 5.74) is 7.19. The summed E-state index contributed by atoms with van der Waals surface area (Å²) in [6.07, 6.45) is 3.99. The largest absolute Gasteiger partial charge is 0.342 e. The average Bonchev–Trinajstić information content (AvgIpc) is 2.70. The number of H-pyrrole nitrogens is 1. The maximum Gasteiger partial charge on any atom is 0.202 e. The Kier molecular flexibility index (Phi) is 2.95. The molecule has 0 aliphatic carbocycles. The summed E-state index contributed by atoms with van der Waals surface area (Å²) in [6.45, 7) is 6.37. The van der Waals surface area contributed by atoms with Gasteiger partial charge in [0.05, 0.1) is 6.20 Å². The second-order valence-corrected chi connectivity index (χ2v) is 4.46. The van der Waals surface area contributed by atoms with Gasteiger partial charge in [-0.3, -0.25) is 0 Å². The molecule has 15 heavy (non-hydrogen) atoms. The van der Waals surface area contributed by atoms with Gasteiger partial charge in [-0.05, 0) is 18.8 Å². The van der Waals surface area contributed by atoms with Gasteiger partial charge in [0.15, 0.2) is 0 Å².